The predicted molar refractivity (Wildman–Crippen MR) is 57.7 cm³/mol. The maximum absolute atomic E-state index is 11.0. The Labute approximate surface area is 91.9 Å². The van der Waals surface area contributed by atoms with Crippen LogP contribution in [0, 0.1) is 5.92 Å². The Kier molecular flexibility index (Phi) is 9.52. The third-order valence-corrected chi connectivity index (χ3v) is 1.99. The van der Waals surface area contributed by atoms with E-state index in [4.69, 9.17) is 9.47 Å². The first-order valence-corrected chi connectivity index (χ1v) is 5.45. The van der Waals surface area contributed by atoms with Gasteiger partial charge in [0.05, 0.1) is 32.8 Å². The van der Waals surface area contributed by atoms with Crippen molar-refractivity contribution in [2.75, 3.05) is 33.5 Å². The van der Waals surface area contributed by atoms with Gasteiger partial charge in [0.15, 0.2) is 0 Å². The number of carbonyl (C=O) groups is 1. The number of rotatable bonds is 9. The number of hydrogen-bond donors (Lipinski definition) is 0. The van der Waals surface area contributed by atoms with Gasteiger partial charge in [0.1, 0.15) is 0 Å². The molecule has 1 atom stereocenters. The second kappa shape index (κ2) is 9.93. The monoisotopic (exact) mass is 218 g/mol. The molecule has 0 fully saturated rings. The van der Waals surface area contributed by atoms with Crippen LogP contribution < -0.4 is 0 Å². The Morgan fingerprint density at radius 3 is 2.47 bits per heavy atom. The first-order chi connectivity index (χ1) is 7.22. The average molecular weight is 218 g/mol. The molecule has 0 aliphatic rings. The molecule has 4 nitrogen and oxygen atoms in total. The minimum Gasteiger partial charge on any atom is -0.469 e. The van der Waals surface area contributed by atoms with E-state index in [2.05, 4.69) is 11.7 Å². The summed E-state index contributed by atoms with van der Waals surface area (Å²) < 4.78 is 15.1. The number of ether oxygens (including phenoxy) is 3. The summed E-state index contributed by atoms with van der Waals surface area (Å²) in [4.78, 5) is 11.0. The molecule has 0 aromatic carbocycles. The molecule has 1 unspecified atom stereocenters. The first kappa shape index (κ1) is 14.4. The molecule has 0 aliphatic carbocycles. The standard InChI is InChI=1S/C11H22O4/c1-4-5-6-14-7-8-15-9-10(2)11(12)13-3/h10H,4-9H2,1-3H3. The van der Waals surface area contributed by atoms with Gasteiger partial charge < -0.3 is 14.2 Å². The lowest BCUT2D eigenvalue weighted by Crippen LogP contribution is -2.19. The van der Waals surface area contributed by atoms with Crippen LogP contribution in [0.15, 0.2) is 0 Å². The fourth-order valence-electron chi connectivity index (χ4n) is 0.996. The SMILES string of the molecule is CCCCOCCOCC(C)C(=O)OC. The van der Waals surface area contributed by atoms with Gasteiger partial charge in [-0.05, 0) is 13.3 Å². The van der Waals surface area contributed by atoms with E-state index in [1.165, 1.54) is 7.11 Å². The molecule has 0 aromatic rings. The summed E-state index contributed by atoms with van der Waals surface area (Å²) in [5.41, 5.74) is 0. The maximum Gasteiger partial charge on any atom is 0.310 e. The molecule has 0 aliphatic heterocycles. The zero-order valence-electron chi connectivity index (χ0n) is 9.95. The van der Waals surface area contributed by atoms with Crippen LogP contribution in [0.5, 0.6) is 0 Å². The van der Waals surface area contributed by atoms with Crippen molar-refractivity contribution in [1.82, 2.24) is 0 Å². The van der Waals surface area contributed by atoms with E-state index in [1.807, 2.05) is 0 Å². The maximum atomic E-state index is 11.0. The predicted octanol–water partition coefficient (Wildman–Crippen LogP) is 1.63. The highest BCUT2D eigenvalue weighted by atomic mass is 16.5. The number of hydrogen-bond acceptors (Lipinski definition) is 4. The van der Waals surface area contributed by atoms with E-state index in [-0.39, 0.29) is 11.9 Å². The zero-order chi connectivity index (χ0) is 11.5. The summed E-state index contributed by atoms with van der Waals surface area (Å²) >= 11 is 0. The Hall–Kier alpha value is -0.610. The van der Waals surface area contributed by atoms with Gasteiger partial charge in [-0.1, -0.05) is 13.3 Å². The molecule has 4 heteroatoms. The average Bonchev–Trinajstić information content (AvgIpc) is 2.26. The summed E-state index contributed by atoms with van der Waals surface area (Å²) in [5, 5.41) is 0. The molecule has 0 radical (unpaired) electrons. The van der Waals surface area contributed by atoms with Gasteiger partial charge in [-0.3, -0.25) is 4.79 Å². The van der Waals surface area contributed by atoms with Crippen molar-refractivity contribution in [3.8, 4) is 0 Å². The van der Waals surface area contributed by atoms with Crippen molar-refractivity contribution >= 4 is 5.97 Å². The minimum atomic E-state index is -0.234. The number of carbonyl (C=O) groups excluding carboxylic acids is 1. The van der Waals surface area contributed by atoms with Crippen LogP contribution in [-0.4, -0.2) is 39.5 Å². The van der Waals surface area contributed by atoms with Gasteiger partial charge in [0, 0.05) is 6.61 Å². The van der Waals surface area contributed by atoms with Crippen LogP contribution in [0.1, 0.15) is 26.7 Å². The van der Waals surface area contributed by atoms with Gasteiger partial charge in [-0.2, -0.15) is 0 Å². The molecule has 15 heavy (non-hydrogen) atoms. The molecule has 0 spiro atoms. The lowest BCUT2D eigenvalue weighted by atomic mass is 10.2. The van der Waals surface area contributed by atoms with Gasteiger partial charge in [-0.25, -0.2) is 0 Å². The molecule has 90 valence electrons. The third-order valence-electron chi connectivity index (χ3n) is 1.99. The fraction of sp³-hybridized carbons (Fsp3) is 0.909. The van der Waals surface area contributed by atoms with Crippen molar-refractivity contribution in [3.05, 3.63) is 0 Å². The smallest absolute Gasteiger partial charge is 0.310 e. The highest BCUT2D eigenvalue weighted by Gasteiger charge is 2.12. The molecule has 0 aromatic heterocycles. The summed E-state index contributed by atoms with van der Waals surface area (Å²) in [5.74, 6) is -0.437. The van der Waals surface area contributed by atoms with Crippen LogP contribution in [0.2, 0.25) is 0 Å². The van der Waals surface area contributed by atoms with E-state index >= 15 is 0 Å². The van der Waals surface area contributed by atoms with E-state index in [1.54, 1.807) is 6.92 Å². The van der Waals surface area contributed by atoms with Gasteiger partial charge in [0.25, 0.3) is 0 Å². The largest absolute Gasteiger partial charge is 0.469 e. The Bertz CT molecular complexity index is 159. The Balaban J connectivity index is 3.20. The van der Waals surface area contributed by atoms with E-state index < -0.39 is 0 Å². The Morgan fingerprint density at radius 2 is 1.87 bits per heavy atom. The van der Waals surface area contributed by atoms with Crippen molar-refractivity contribution in [3.63, 3.8) is 0 Å². The zero-order valence-corrected chi connectivity index (χ0v) is 9.95. The molecular formula is C11H22O4. The van der Waals surface area contributed by atoms with E-state index in [9.17, 15) is 4.79 Å². The summed E-state index contributed by atoms with van der Waals surface area (Å²) in [6.45, 7) is 6.21. The highest BCUT2D eigenvalue weighted by molar-refractivity contribution is 5.71. The van der Waals surface area contributed by atoms with Crippen LogP contribution in [0.25, 0.3) is 0 Å². The quantitative estimate of drug-likeness (QED) is 0.436. The molecule has 0 saturated heterocycles. The molecule has 0 heterocycles. The van der Waals surface area contributed by atoms with Crippen molar-refractivity contribution in [1.29, 1.82) is 0 Å². The normalized spacial score (nSPS) is 12.5. The molecule has 0 rings (SSSR count). The third kappa shape index (κ3) is 8.39. The molecular weight excluding hydrogens is 196 g/mol. The molecule has 0 saturated carbocycles. The van der Waals surface area contributed by atoms with Gasteiger partial charge >= 0.3 is 5.97 Å². The minimum absolute atomic E-state index is 0.203. The van der Waals surface area contributed by atoms with E-state index in [0.29, 0.717) is 19.8 Å². The van der Waals surface area contributed by atoms with Gasteiger partial charge in [-0.15, -0.1) is 0 Å². The van der Waals surface area contributed by atoms with Gasteiger partial charge in [0.2, 0.25) is 0 Å². The number of esters is 1. The number of unbranched alkanes of at least 4 members (excludes halogenated alkanes) is 1. The summed E-state index contributed by atoms with van der Waals surface area (Å²) in [7, 11) is 1.38. The first-order valence-electron chi connectivity index (χ1n) is 5.45. The molecule has 0 N–H and O–H groups in total. The van der Waals surface area contributed by atoms with Crippen LogP contribution >= 0.6 is 0 Å². The Morgan fingerprint density at radius 1 is 1.20 bits per heavy atom. The fourth-order valence-corrected chi connectivity index (χ4v) is 0.996. The molecule has 0 bridgehead atoms. The summed E-state index contributed by atoms with van der Waals surface area (Å²) in [6.07, 6.45) is 2.22. The van der Waals surface area contributed by atoms with Crippen LogP contribution in [0.3, 0.4) is 0 Å². The molecule has 0 amide bonds. The van der Waals surface area contributed by atoms with E-state index in [0.717, 1.165) is 19.4 Å². The van der Waals surface area contributed by atoms with Crippen molar-refractivity contribution < 1.29 is 19.0 Å². The lowest BCUT2D eigenvalue weighted by Gasteiger charge is -2.09. The second-order valence-electron chi connectivity index (χ2n) is 3.47. The number of methoxy groups -OCH3 is 1. The van der Waals surface area contributed by atoms with Crippen molar-refractivity contribution in [2.24, 2.45) is 5.92 Å². The topological polar surface area (TPSA) is 44.8 Å². The van der Waals surface area contributed by atoms with Crippen LogP contribution in [-0.2, 0) is 19.0 Å². The second-order valence-corrected chi connectivity index (χ2v) is 3.47. The van der Waals surface area contributed by atoms with Crippen LogP contribution in [0.4, 0.5) is 0 Å². The highest BCUT2D eigenvalue weighted by Crippen LogP contribution is 1.98. The lowest BCUT2D eigenvalue weighted by molar-refractivity contribution is -0.147. The summed E-state index contributed by atoms with van der Waals surface area (Å²) in [6, 6.07) is 0. The van der Waals surface area contributed by atoms with Crippen molar-refractivity contribution in [2.45, 2.75) is 26.7 Å².